The molecule has 0 bridgehead atoms. The van der Waals surface area contributed by atoms with E-state index < -0.39 is 6.61 Å². The summed E-state index contributed by atoms with van der Waals surface area (Å²) in [5.41, 5.74) is 1.01. The number of ether oxygens (including phenoxy) is 2. The molecule has 0 aromatic heterocycles. The highest BCUT2D eigenvalue weighted by atomic mass is 19.3. The van der Waals surface area contributed by atoms with Crippen LogP contribution in [-0.4, -0.2) is 25.9 Å². The predicted molar refractivity (Wildman–Crippen MR) is 65.9 cm³/mol. The standard InChI is InChI=1S/C13H19F2NO2/c1-3-17-9-10(2)16-8-11-4-6-12(7-5-11)18-13(14)15/h4-7,10,13,16H,3,8-9H2,1-2H3. The number of hydrogen-bond donors (Lipinski definition) is 1. The van der Waals surface area contributed by atoms with Gasteiger partial charge in [-0.2, -0.15) is 8.78 Å². The molecule has 5 heteroatoms. The van der Waals surface area contributed by atoms with Gasteiger partial charge >= 0.3 is 6.61 Å². The van der Waals surface area contributed by atoms with Gasteiger partial charge in [0, 0.05) is 19.2 Å². The second kappa shape index (κ2) is 8.00. The Balaban J connectivity index is 2.34. The number of halogens is 2. The molecule has 0 amide bonds. The van der Waals surface area contributed by atoms with Gasteiger partial charge in [0.1, 0.15) is 5.75 Å². The van der Waals surface area contributed by atoms with Crippen LogP contribution in [-0.2, 0) is 11.3 Å². The molecule has 1 atom stereocenters. The summed E-state index contributed by atoms with van der Waals surface area (Å²) in [6.07, 6.45) is 0. The van der Waals surface area contributed by atoms with Gasteiger partial charge in [-0.05, 0) is 31.5 Å². The van der Waals surface area contributed by atoms with Crippen LogP contribution >= 0.6 is 0 Å². The first kappa shape index (κ1) is 14.9. The van der Waals surface area contributed by atoms with E-state index in [1.807, 2.05) is 13.8 Å². The topological polar surface area (TPSA) is 30.5 Å². The molecule has 102 valence electrons. The Morgan fingerprint density at radius 3 is 2.44 bits per heavy atom. The Morgan fingerprint density at radius 2 is 1.89 bits per heavy atom. The van der Waals surface area contributed by atoms with Gasteiger partial charge in [0.15, 0.2) is 0 Å². The van der Waals surface area contributed by atoms with Crippen molar-refractivity contribution in [2.24, 2.45) is 0 Å². The first-order valence-corrected chi connectivity index (χ1v) is 5.96. The Bertz CT molecular complexity index is 330. The van der Waals surface area contributed by atoms with Crippen LogP contribution < -0.4 is 10.1 Å². The highest BCUT2D eigenvalue weighted by Gasteiger charge is 2.04. The minimum atomic E-state index is -2.78. The van der Waals surface area contributed by atoms with E-state index in [1.165, 1.54) is 12.1 Å². The first-order chi connectivity index (χ1) is 8.61. The highest BCUT2D eigenvalue weighted by molar-refractivity contribution is 5.27. The summed E-state index contributed by atoms with van der Waals surface area (Å²) >= 11 is 0. The summed E-state index contributed by atoms with van der Waals surface area (Å²) < 4.78 is 33.4. The smallest absolute Gasteiger partial charge is 0.387 e. The van der Waals surface area contributed by atoms with Gasteiger partial charge in [-0.15, -0.1) is 0 Å². The van der Waals surface area contributed by atoms with Crippen LogP contribution in [0.2, 0.25) is 0 Å². The van der Waals surface area contributed by atoms with Crippen LogP contribution in [0.25, 0.3) is 0 Å². The molecule has 0 spiro atoms. The highest BCUT2D eigenvalue weighted by Crippen LogP contribution is 2.14. The molecule has 0 aliphatic rings. The lowest BCUT2D eigenvalue weighted by Gasteiger charge is -2.13. The second-order valence-electron chi connectivity index (χ2n) is 3.96. The lowest BCUT2D eigenvalue weighted by atomic mass is 10.2. The maximum absolute atomic E-state index is 11.9. The molecule has 0 saturated carbocycles. The normalized spacial score (nSPS) is 12.7. The van der Waals surface area contributed by atoms with Crippen molar-refractivity contribution < 1.29 is 18.3 Å². The zero-order valence-corrected chi connectivity index (χ0v) is 10.7. The molecule has 0 aliphatic heterocycles. The summed E-state index contributed by atoms with van der Waals surface area (Å²) in [5, 5.41) is 3.28. The maximum atomic E-state index is 11.9. The average molecular weight is 259 g/mol. The van der Waals surface area contributed by atoms with Crippen molar-refractivity contribution in [2.45, 2.75) is 33.0 Å². The molecule has 1 N–H and O–H groups in total. The molecule has 0 aliphatic carbocycles. The molecule has 0 saturated heterocycles. The van der Waals surface area contributed by atoms with E-state index in [9.17, 15) is 8.78 Å². The monoisotopic (exact) mass is 259 g/mol. The summed E-state index contributed by atoms with van der Waals surface area (Å²) in [5.74, 6) is 0.177. The van der Waals surface area contributed by atoms with E-state index in [1.54, 1.807) is 12.1 Å². The van der Waals surface area contributed by atoms with Crippen LogP contribution in [0.15, 0.2) is 24.3 Å². The summed E-state index contributed by atoms with van der Waals surface area (Å²) in [4.78, 5) is 0. The number of hydrogen-bond acceptors (Lipinski definition) is 3. The molecule has 1 rings (SSSR count). The maximum Gasteiger partial charge on any atom is 0.387 e. The number of alkyl halides is 2. The fourth-order valence-electron chi connectivity index (χ4n) is 1.43. The molecule has 1 aromatic carbocycles. The third-order valence-electron chi connectivity index (χ3n) is 2.38. The van der Waals surface area contributed by atoms with Crippen LogP contribution in [0, 0.1) is 0 Å². The van der Waals surface area contributed by atoms with Crippen molar-refractivity contribution in [3.05, 3.63) is 29.8 Å². The molecule has 0 fully saturated rings. The molecule has 18 heavy (non-hydrogen) atoms. The Hall–Kier alpha value is -1.20. The van der Waals surface area contributed by atoms with Crippen LogP contribution in [0.5, 0.6) is 5.75 Å². The van der Waals surface area contributed by atoms with Crippen molar-refractivity contribution in [1.82, 2.24) is 5.32 Å². The molecule has 0 radical (unpaired) electrons. The van der Waals surface area contributed by atoms with Crippen molar-refractivity contribution in [3.8, 4) is 5.75 Å². The molecular formula is C13H19F2NO2. The van der Waals surface area contributed by atoms with Gasteiger partial charge in [-0.3, -0.25) is 0 Å². The lowest BCUT2D eigenvalue weighted by Crippen LogP contribution is -2.30. The Morgan fingerprint density at radius 1 is 1.22 bits per heavy atom. The van der Waals surface area contributed by atoms with Crippen LogP contribution in [0.3, 0.4) is 0 Å². The second-order valence-corrected chi connectivity index (χ2v) is 3.96. The van der Waals surface area contributed by atoms with Gasteiger partial charge in [-0.1, -0.05) is 12.1 Å². The van der Waals surface area contributed by atoms with Gasteiger partial charge in [0.25, 0.3) is 0 Å². The molecular weight excluding hydrogens is 240 g/mol. The minimum Gasteiger partial charge on any atom is -0.435 e. The molecule has 0 heterocycles. The SMILES string of the molecule is CCOCC(C)NCc1ccc(OC(F)F)cc1. The molecule has 3 nitrogen and oxygen atoms in total. The van der Waals surface area contributed by atoms with Crippen LogP contribution in [0.1, 0.15) is 19.4 Å². The minimum absolute atomic E-state index is 0.177. The van der Waals surface area contributed by atoms with Crippen LogP contribution in [0.4, 0.5) is 8.78 Å². The van der Waals surface area contributed by atoms with E-state index in [4.69, 9.17) is 4.74 Å². The summed E-state index contributed by atoms with van der Waals surface area (Å²) in [7, 11) is 0. The number of nitrogens with one attached hydrogen (secondary N) is 1. The van der Waals surface area contributed by atoms with E-state index in [0.29, 0.717) is 19.8 Å². The quantitative estimate of drug-likeness (QED) is 0.778. The molecule has 1 aromatic rings. The predicted octanol–water partition coefficient (Wildman–Crippen LogP) is 2.80. The fraction of sp³-hybridized carbons (Fsp3) is 0.538. The van der Waals surface area contributed by atoms with Crippen molar-refractivity contribution >= 4 is 0 Å². The summed E-state index contributed by atoms with van der Waals surface area (Å²) in [6.45, 7) is 3.23. The third-order valence-corrected chi connectivity index (χ3v) is 2.38. The van der Waals surface area contributed by atoms with E-state index in [-0.39, 0.29) is 11.8 Å². The van der Waals surface area contributed by atoms with Gasteiger partial charge in [0.2, 0.25) is 0 Å². The Kier molecular flexibility index (Phi) is 6.60. The van der Waals surface area contributed by atoms with Crippen molar-refractivity contribution in [1.29, 1.82) is 0 Å². The molecule has 1 unspecified atom stereocenters. The largest absolute Gasteiger partial charge is 0.435 e. The van der Waals surface area contributed by atoms with E-state index in [0.717, 1.165) is 5.56 Å². The summed E-state index contributed by atoms with van der Waals surface area (Å²) in [6, 6.07) is 6.85. The van der Waals surface area contributed by atoms with Gasteiger partial charge in [-0.25, -0.2) is 0 Å². The number of benzene rings is 1. The average Bonchev–Trinajstić information content (AvgIpc) is 2.35. The van der Waals surface area contributed by atoms with E-state index >= 15 is 0 Å². The number of rotatable bonds is 8. The lowest BCUT2D eigenvalue weighted by molar-refractivity contribution is -0.0498. The van der Waals surface area contributed by atoms with Gasteiger partial charge < -0.3 is 14.8 Å². The zero-order chi connectivity index (χ0) is 13.4. The van der Waals surface area contributed by atoms with E-state index in [2.05, 4.69) is 10.1 Å². The van der Waals surface area contributed by atoms with Crippen molar-refractivity contribution in [3.63, 3.8) is 0 Å². The third kappa shape index (κ3) is 5.93. The first-order valence-electron chi connectivity index (χ1n) is 5.96. The zero-order valence-electron chi connectivity index (χ0n) is 10.7. The van der Waals surface area contributed by atoms with Crippen molar-refractivity contribution in [2.75, 3.05) is 13.2 Å². The van der Waals surface area contributed by atoms with Gasteiger partial charge in [0.05, 0.1) is 6.61 Å². The Labute approximate surface area is 106 Å². The fourth-order valence-corrected chi connectivity index (χ4v) is 1.43.